The van der Waals surface area contributed by atoms with Gasteiger partial charge in [0.15, 0.2) is 0 Å². The summed E-state index contributed by atoms with van der Waals surface area (Å²) in [6.45, 7) is 5.10. The molecule has 7 nitrogen and oxygen atoms in total. The zero-order chi connectivity index (χ0) is 18.1. The van der Waals surface area contributed by atoms with E-state index < -0.39 is 0 Å². The lowest BCUT2D eigenvalue weighted by Crippen LogP contribution is -2.45. The highest BCUT2D eigenvalue weighted by molar-refractivity contribution is 5.95. The van der Waals surface area contributed by atoms with Gasteiger partial charge in [-0.05, 0) is 41.8 Å². The average Bonchev–Trinajstić information content (AvgIpc) is 2.69. The number of hydrogen-bond donors (Lipinski definition) is 1. The van der Waals surface area contributed by atoms with Crippen LogP contribution in [0, 0.1) is 6.92 Å². The summed E-state index contributed by atoms with van der Waals surface area (Å²) in [5.74, 6) is 0. The fourth-order valence-electron chi connectivity index (χ4n) is 3.49. The molecule has 7 heteroatoms. The van der Waals surface area contributed by atoms with Gasteiger partial charge >= 0.3 is 0 Å². The van der Waals surface area contributed by atoms with Gasteiger partial charge in [0, 0.05) is 31.9 Å². The van der Waals surface area contributed by atoms with Crippen LogP contribution in [0.3, 0.4) is 0 Å². The molecule has 26 heavy (non-hydrogen) atoms. The number of carbonyl (C=O) groups is 1. The van der Waals surface area contributed by atoms with Gasteiger partial charge in [-0.3, -0.25) is 9.59 Å². The summed E-state index contributed by atoms with van der Waals surface area (Å²) in [5.41, 5.74) is 4.35. The third kappa shape index (κ3) is 2.81. The number of piperazine rings is 1. The molecular weight excluding hydrogens is 330 g/mol. The normalized spacial score (nSPS) is 14.7. The second kappa shape index (κ2) is 6.59. The number of aromatic nitrogens is 3. The van der Waals surface area contributed by atoms with Gasteiger partial charge in [-0.1, -0.05) is 23.4 Å². The molecule has 4 rings (SSSR count). The number of carbonyl (C=O) groups excluding carboxylic acids is 1. The second-order valence-electron chi connectivity index (χ2n) is 6.47. The first kappa shape index (κ1) is 16.3. The Bertz CT molecular complexity index is 1000. The predicted octanol–water partition coefficient (Wildman–Crippen LogP) is 1.57. The van der Waals surface area contributed by atoms with E-state index in [4.69, 9.17) is 0 Å². The lowest BCUT2D eigenvalue weighted by Gasteiger charge is -2.34. The lowest BCUT2D eigenvalue weighted by atomic mass is 9.96. The number of rotatable bonds is 3. The maximum atomic E-state index is 12.3. The number of aryl methyl sites for hydroxylation is 1. The third-order valence-electron chi connectivity index (χ3n) is 4.91. The van der Waals surface area contributed by atoms with E-state index in [1.54, 1.807) is 4.90 Å². The molecular formula is C19H19N5O2. The minimum Gasteiger partial charge on any atom is -0.368 e. The molecule has 1 amide bonds. The van der Waals surface area contributed by atoms with Crippen LogP contribution in [0.15, 0.2) is 41.2 Å². The number of nitrogens with zero attached hydrogens (tertiary/aromatic N) is 4. The SMILES string of the molecule is Cc1ccc2nn[nH]c(=O)c2c1-c1ccc(N2CCN(C=O)CC2)cc1. The quantitative estimate of drug-likeness (QED) is 0.726. The number of hydrogen-bond acceptors (Lipinski definition) is 5. The van der Waals surface area contributed by atoms with E-state index in [-0.39, 0.29) is 5.56 Å². The van der Waals surface area contributed by atoms with Crippen molar-refractivity contribution in [2.75, 3.05) is 31.1 Å². The Morgan fingerprint density at radius 2 is 1.77 bits per heavy atom. The minimum absolute atomic E-state index is 0.234. The number of nitrogens with one attached hydrogen (secondary N) is 1. The number of benzene rings is 2. The van der Waals surface area contributed by atoms with Crippen molar-refractivity contribution < 1.29 is 4.79 Å². The van der Waals surface area contributed by atoms with Crippen molar-refractivity contribution in [3.8, 4) is 11.1 Å². The molecule has 0 radical (unpaired) electrons. The summed E-state index contributed by atoms with van der Waals surface area (Å²) in [5, 5.41) is 10.7. The monoisotopic (exact) mass is 349 g/mol. The van der Waals surface area contributed by atoms with Gasteiger partial charge in [-0.15, -0.1) is 5.10 Å². The molecule has 3 aromatic rings. The Labute approximate surface area is 150 Å². The van der Waals surface area contributed by atoms with E-state index in [2.05, 4.69) is 32.4 Å². The Kier molecular flexibility index (Phi) is 4.12. The average molecular weight is 349 g/mol. The first-order valence-corrected chi connectivity index (χ1v) is 8.57. The van der Waals surface area contributed by atoms with E-state index in [0.29, 0.717) is 10.9 Å². The first-order valence-electron chi connectivity index (χ1n) is 8.57. The summed E-state index contributed by atoms with van der Waals surface area (Å²) in [7, 11) is 0. The van der Waals surface area contributed by atoms with Gasteiger partial charge in [-0.25, -0.2) is 5.10 Å². The predicted molar refractivity (Wildman–Crippen MR) is 100 cm³/mol. The van der Waals surface area contributed by atoms with Crippen molar-refractivity contribution >= 4 is 23.0 Å². The molecule has 1 aliphatic heterocycles. The van der Waals surface area contributed by atoms with Gasteiger partial charge in [-0.2, -0.15) is 0 Å². The van der Waals surface area contributed by atoms with Crippen LogP contribution in [-0.2, 0) is 4.79 Å². The molecule has 0 bridgehead atoms. The molecule has 132 valence electrons. The molecule has 1 N–H and O–H groups in total. The van der Waals surface area contributed by atoms with Crippen molar-refractivity contribution in [3.63, 3.8) is 0 Å². The van der Waals surface area contributed by atoms with Gasteiger partial charge in [0.1, 0.15) is 5.52 Å². The zero-order valence-electron chi connectivity index (χ0n) is 14.5. The van der Waals surface area contributed by atoms with E-state index in [1.165, 1.54) is 0 Å². The topological polar surface area (TPSA) is 82.2 Å². The van der Waals surface area contributed by atoms with Crippen LogP contribution in [0.2, 0.25) is 0 Å². The molecule has 0 atom stereocenters. The van der Waals surface area contributed by atoms with Crippen LogP contribution in [0.4, 0.5) is 5.69 Å². The highest BCUT2D eigenvalue weighted by atomic mass is 16.1. The van der Waals surface area contributed by atoms with E-state index >= 15 is 0 Å². The van der Waals surface area contributed by atoms with Gasteiger partial charge in [0.05, 0.1) is 5.39 Å². The van der Waals surface area contributed by atoms with Gasteiger partial charge in [0.25, 0.3) is 5.56 Å². The Balaban J connectivity index is 1.70. The Morgan fingerprint density at radius 1 is 1.04 bits per heavy atom. The standard InChI is InChI=1S/C19H19N5O2/c1-13-2-7-16-18(19(26)21-22-20-16)17(13)14-3-5-15(6-4-14)24-10-8-23(12-25)9-11-24/h2-7,12H,8-11H2,1H3,(H,20,21,26). The third-order valence-corrected chi connectivity index (χ3v) is 4.91. The van der Waals surface area contributed by atoms with Crippen LogP contribution in [0.1, 0.15) is 5.56 Å². The molecule has 0 unspecified atom stereocenters. The lowest BCUT2D eigenvalue weighted by molar-refractivity contribution is -0.118. The summed E-state index contributed by atoms with van der Waals surface area (Å²) in [4.78, 5) is 27.2. The van der Waals surface area contributed by atoms with Crippen molar-refractivity contribution in [1.82, 2.24) is 20.3 Å². The Hall–Kier alpha value is -3.22. The maximum Gasteiger partial charge on any atom is 0.275 e. The molecule has 0 spiro atoms. The van der Waals surface area contributed by atoms with Gasteiger partial charge in [0.2, 0.25) is 6.41 Å². The molecule has 1 fully saturated rings. The van der Waals surface area contributed by atoms with E-state index in [0.717, 1.165) is 55.0 Å². The van der Waals surface area contributed by atoms with E-state index in [9.17, 15) is 9.59 Å². The molecule has 2 heterocycles. The largest absolute Gasteiger partial charge is 0.368 e. The summed E-state index contributed by atoms with van der Waals surface area (Å²) >= 11 is 0. The molecule has 1 aromatic heterocycles. The molecule has 0 aliphatic carbocycles. The molecule has 1 saturated heterocycles. The molecule has 1 aliphatic rings. The van der Waals surface area contributed by atoms with Crippen molar-refractivity contribution in [2.24, 2.45) is 0 Å². The van der Waals surface area contributed by atoms with Crippen molar-refractivity contribution in [1.29, 1.82) is 0 Å². The minimum atomic E-state index is -0.234. The number of anilines is 1. The molecule has 0 saturated carbocycles. The van der Waals surface area contributed by atoms with Crippen LogP contribution in [-0.4, -0.2) is 52.9 Å². The second-order valence-corrected chi connectivity index (χ2v) is 6.47. The smallest absolute Gasteiger partial charge is 0.275 e. The van der Waals surface area contributed by atoms with Crippen molar-refractivity contribution in [3.05, 3.63) is 52.3 Å². The Morgan fingerprint density at radius 3 is 2.46 bits per heavy atom. The fourth-order valence-corrected chi connectivity index (χ4v) is 3.49. The van der Waals surface area contributed by atoms with Crippen molar-refractivity contribution in [2.45, 2.75) is 6.92 Å². The number of aromatic amines is 1. The number of H-pyrrole nitrogens is 1. The van der Waals surface area contributed by atoms with E-state index in [1.807, 2.05) is 31.2 Å². The highest BCUT2D eigenvalue weighted by Crippen LogP contribution is 2.30. The van der Waals surface area contributed by atoms with Crippen LogP contribution < -0.4 is 10.5 Å². The summed E-state index contributed by atoms with van der Waals surface area (Å²) in [6.07, 6.45) is 0.907. The first-order chi connectivity index (χ1) is 12.7. The summed E-state index contributed by atoms with van der Waals surface area (Å²) in [6, 6.07) is 12.0. The summed E-state index contributed by atoms with van der Waals surface area (Å²) < 4.78 is 0. The maximum absolute atomic E-state index is 12.3. The van der Waals surface area contributed by atoms with Crippen LogP contribution in [0.5, 0.6) is 0 Å². The van der Waals surface area contributed by atoms with Crippen LogP contribution >= 0.6 is 0 Å². The fraction of sp³-hybridized carbons (Fsp3) is 0.263. The highest BCUT2D eigenvalue weighted by Gasteiger charge is 2.17. The number of fused-ring (bicyclic) bond motifs is 1. The van der Waals surface area contributed by atoms with Crippen LogP contribution in [0.25, 0.3) is 22.0 Å². The zero-order valence-corrected chi connectivity index (χ0v) is 14.5. The van der Waals surface area contributed by atoms with Gasteiger partial charge < -0.3 is 9.80 Å². The number of amides is 1. The molecule has 2 aromatic carbocycles.